The normalized spacial score (nSPS) is 11.7. The molecule has 3 aromatic rings. The molecule has 0 saturated carbocycles. The fraction of sp³-hybridized carbons (Fsp3) is 0.333. The Morgan fingerprint density at radius 3 is 2.53 bits per heavy atom. The Labute approximate surface area is 175 Å². The number of likely N-dealkylation sites (N-methyl/N-ethyl adjacent to an activating group) is 1. The summed E-state index contributed by atoms with van der Waals surface area (Å²) in [7, 11) is -2.09. The third-order valence-corrected chi connectivity index (χ3v) is 6.39. The summed E-state index contributed by atoms with van der Waals surface area (Å²) < 4.78 is 50.7. The fourth-order valence-electron chi connectivity index (χ4n) is 2.83. The van der Waals surface area contributed by atoms with Gasteiger partial charge in [-0.2, -0.15) is 4.98 Å². The highest BCUT2D eigenvalue weighted by Gasteiger charge is 2.21. The maximum absolute atomic E-state index is 13.6. The molecule has 1 aromatic heterocycles. The molecule has 0 bridgehead atoms. The Balaban J connectivity index is 1.55. The molecule has 0 atom stereocenters. The van der Waals surface area contributed by atoms with E-state index in [9.17, 15) is 12.8 Å². The van der Waals surface area contributed by atoms with Gasteiger partial charge in [0, 0.05) is 20.0 Å². The first kappa shape index (κ1) is 21.9. The lowest BCUT2D eigenvalue weighted by Crippen LogP contribution is -2.29. The zero-order chi connectivity index (χ0) is 21.6. The first-order valence-corrected chi connectivity index (χ1v) is 11.1. The van der Waals surface area contributed by atoms with E-state index in [4.69, 9.17) is 9.26 Å². The van der Waals surface area contributed by atoms with Crippen molar-refractivity contribution in [2.75, 3.05) is 13.6 Å². The number of halogens is 1. The molecule has 0 aliphatic rings. The Morgan fingerprint density at radius 1 is 1.10 bits per heavy atom. The van der Waals surface area contributed by atoms with Crippen LogP contribution in [0.1, 0.15) is 30.6 Å². The van der Waals surface area contributed by atoms with Gasteiger partial charge in [-0.1, -0.05) is 42.8 Å². The molecule has 9 heteroatoms. The number of ether oxygens (including phenoxy) is 1. The fourth-order valence-corrected chi connectivity index (χ4v) is 4.00. The van der Waals surface area contributed by atoms with E-state index in [-0.39, 0.29) is 36.1 Å². The van der Waals surface area contributed by atoms with E-state index in [2.05, 4.69) is 17.1 Å². The summed E-state index contributed by atoms with van der Waals surface area (Å²) in [6, 6.07) is 13.0. The molecule has 0 N–H and O–H groups in total. The third-order valence-electron chi connectivity index (χ3n) is 4.52. The Bertz CT molecular complexity index is 1070. The van der Waals surface area contributed by atoms with Crippen molar-refractivity contribution in [2.24, 2.45) is 0 Å². The van der Waals surface area contributed by atoms with Crippen molar-refractivity contribution in [3.8, 4) is 5.75 Å². The quantitative estimate of drug-likeness (QED) is 0.486. The first-order chi connectivity index (χ1) is 14.4. The maximum Gasteiger partial charge on any atom is 0.264 e. The average Bonchev–Trinajstić information content (AvgIpc) is 3.20. The van der Waals surface area contributed by atoms with Gasteiger partial charge in [-0.3, -0.25) is 0 Å². The Hall–Kier alpha value is -2.78. The first-order valence-electron chi connectivity index (χ1n) is 9.64. The molecule has 3 rings (SSSR count). The molecule has 2 aromatic carbocycles. The number of rotatable bonds is 10. The van der Waals surface area contributed by atoms with E-state index >= 15 is 0 Å². The minimum absolute atomic E-state index is 0.0772. The predicted octanol–water partition coefficient (Wildman–Crippen LogP) is 3.60. The summed E-state index contributed by atoms with van der Waals surface area (Å²) in [5, 5.41) is 3.83. The summed E-state index contributed by atoms with van der Waals surface area (Å²) in [6.45, 7) is 2.19. The average molecular weight is 434 g/mol. The largest absolute Gasteiger partial charge is 0.481 e. The van der Waals surface area contributed by atoms with Gasteiger partial charge in [-0.05, 0) is 36.2 Å². The van der Waals surface area contributed by atoms with Gasteiger partial charge in [0.1, 0.15) is 0 Å². The zero-order valence-electron chi connectivity index (χ0n) is 16.9. The van der Waals surface area contributed by atoms with Gasteiger partial charge in [-0.15, -0.1) is 0 Å². The van der Waals surface area contributed by atoms with Crippen molar-refractivity contribution in [1.29, 1.82) is 0 Å². The van der Waals surface area contributed by atoms with Crippen molar-refractivity contribution < 1.29 is 22.1 Å². The number of benzene rings is 2. The zero-order valence-corrected chi connectivity index (χ0v) is 17.7. The van der Waals surface area contributed by atoms with Gasteiger partial charge < -0.3 is 9.26 Å². The second-order valence-electron chi connectivity index (χ2n) is 6.79. The standard InChI is InChI=1S/C21H24FN3O4S/c1-3-6-16-9-11-17(12-10-16)30(26,27)25(2)14-13-20-23-21(29-24-20)15-28-19-8-5-4-7-18(19)22/h4-5,7-12H,3,6,13-15H2,1-2H3. The third kappa shape index (κ3) is 5.43. The lowest BCUT2D eigenvalue weighted by molar-refractivity contribution is 0.234. The van der Waals surface area contributed by atoms with Crippen LogP contribution in [0.15, 0.2) is 57.9 Å². The van der Waals surface area contributed by atoms with Crippen molar-refractivity contribution in [3.63, 3.8) is 0 Å². The summed E-state index contributed by atoms with van der Waals surface area (Å²) in [5.41, 5.74) is 1.11. The van der Waals surface area contributed by atoms with Crippen LogP contribution in [0.25, 0.3) is 0 Å². The van der Waals surface area contributed by atoms with Gasteiger partial charge in [0.25, 0.3) is 5.89 Å². The van der Waals surface area contributed by atoms with Crippen LogP contribution in [0.2, 0.25) is 0 Å². The molecule has 0 unspecified atom stereocenters. The molecule has 0 aliphatic carbocycles. The number of nitrogens with zero attached hydrogens (tertiary/aromatic N) is 3. The molecule has 0 aliphatic heterocycles. The molecular weight excluding hydrogens is 409 g/mol. The van der Waals surface area contributed by atoms with Crippen LogP contribution in [-0.4, -0.2) is 36.5 Å². The molecule has 0 saturated heterocycles. The topological polar surface area (TPSA) is 85.5 Å². The second kappa shape index (κ2) is 9.82. The second-order valence-corrected chi connectivity index (χ2v) is 8.84. The van der Waals surface area contributed by atoms with Crippen LogP contribution >= 0.6 is 0 Å². The number of para-hydroxylation sites is 1. The van der Waals surface area contributed by atoms with Gasteiger partial charge >= 0.3 is 0 Å². The van der Waals surface area contributed by atoms with Crippen molar-refractivity contribution in [1.82, 2.24) is 14.4 Å². The summed E-state index contributed by atoms with van der Waals surface area (Å²) in [6.07, 6.45) is 2.19. The van der Waals surface area contributed by atoms with E-state index < -0.39 is 15.8 Å². The van der Waals surface area contributed by atoms with Crippen molar-refractivity contribution in [2.45, 2.75) is 37.7 Å². The highest BCUT2D eigenvalue weighted by atomic mass is 32.2. The molecule has 0 amide bonds. The molecular formula is C21H24FN3O4S. The number of hydrogen-bond acceptors (Lipinski definition) is 6. The van der Waals surface area contributed by atoms with Gasteiger partial charge in [0.05, 0.1) is 4.90 Å². The number of hydrogen-bond donors (Lipinski definition) is 0. The van der Waals surface area contributed by atoms with Gasteiger partial charge in [0.15, 0.2) is 24.0 Å². The summed E-state index contributed by atoms with van der Waals surface area (Å²) >= 11 is 0. The van der Waals surface area contributed by atoms with Crippen LogP contribution in [0.3, 0.4) is 0 Å². The van der Waals surface area contributed by atoms with Crippen LogP contribution < -0.4 is 4.74 Å². The summed E-state index contributed by atoms with van der Waals surface area (Å²) in [5.74, 6) is 0.146. The molecule has 1 heterocycles. The van der Waals surface area contributed by atoms with Crippen LogP contribution in [0.5, 0.6) is 5.75 Å². The lowest BCUT2D eigenvalue weighted by Gasteiger charge is -2.16. The highest BCUT2D eigenvalue weighted by Crippen LogP contribution is 2.18. The molecule has 0 radical (unpaired) electrons. The number of aryl methyl sites for hydroxylation is 1. The predicted molar refractivity (Wildman–Crippen MR) is 109 cm³/mol. The lowest BCUT2D eigenvalue weighted by atomic mass is 10.1. The van der Waals surface area contributed by atoms with Crippen molar-refractivity contribution in [3.05, 3.63) is 71.6 Å². The van der Waals surface area contributed by atoms with E-state index in [1.165, 1.54) is 23.5 Å². The SMILES string of the molecule is CCCc1ccc(S(=O)(=O)N(C)CCc2noc(COc3ccccc3F)n2)cc1. The number of aromatic nitrogens is 2. The molecule has 0 spiro atoms. The van der Waals surface area contributed by atoms with Crippen LogP contribution in [-0.2, 0) is 29.5 Å². The van der Waals surface area contributed by atoms with Crippen LogP contribution in [0.4, 0.5) is 4.39 Å². The summed E-state index contributed by atoms with van der Waals surface area (Å²) in [4.78, 5) is 4.41. The number of sulfonamides is 1. The smallest absolute Gasteiger partial charge is 0.264 e. The molecule has 0 fully saturated rings. The maximum atomic E-state index is 13.6. The highest BCUT2D eigenvalue weighted by molar-refractivity contribution is 7.89. The van der Waals surface area contributed by atoms with E-state index in [0.717, 1.165) is 18.4 Å². The minimum atomic E-state index is -3.60. The van der Waals surface area contributed by atoms with E-state index in [0.29, 0.717) is 5.82 Å². The van der Waals surface area contributed by atoms with Gasteiger partial charge in [-0.25, -0.2) is 17.1 Å². The molecule has 160 valence electrons. The minimum Gasteiger partial charge on any atom is -0.481 e. The molecule has 7 nitrogen and oxygen atoms in total. The monoisotopic (exact) mass is 433 g/mol. The molecule has 30 heavy (non-hydrogen) atoms. The Kier molecular flexibility index (Phi) is 7.17. The van der Waals surface area contributed by atoms with E-state index in [1.54, 1.807) is 24.3 Å². The van der Waals surface area contributed by atoms with Gasteiger partial charge in [0.2, 0.25) is 10.0 Å². The van der Waals surface area contributed by atoms with Crippen molar-refractivity contribution >= 4 is 10.0 Å². The Morgan fingerprint density at radius 2 is 1.83 bits per heavy atom. The van der Waals surface area contributed by atoms with E-state index in [1.807, 2.05) is 12.1 Å². The van der Waals surface area contributed by atoms with Crippen LogP contribution in [0, 0.1) is 5.82 Å².